The molecule has 1 aromatic carbocycles. The highest BCUT2D eigenvalue weighted by Gasteiger charge is 2.39. The molecule has 0 saturated carbocycles. The lowest BCUT2D eigenvalue weighted by atomic mass is 9.96. The van der Waals surface area contributed by atoms with Crippen molar-refractivity contribution in [1.29, 1.82) is 0 Å². The number of hydrogen-bond donors (Lipinski definition) is 1. The first-order valence-corrected chi connectivity index (χ1v) is 5.79. The van der Waals surface area contributed by atoms with Crippen molar-refractivity contribution in [1.82, 2.24) is 5.32 Å². The van der Waals surface area contributed by atoms with Gasteiger partial charge in [-0.15, -0.1) is 0 Å². The van der Waals surface area contributed by atoms with E-state index in [2.05, 4.69) is 5.32 Å². The molecule has 0 spiro atoms. The predicted molar refractivity (Wildman–Crippen MR) is 63.1 cm³/mol. The Balaban J connectivity index is 3.14. The molecule has 17 heavy (non-hydrogen) atoms. The van der Waals surface area contributed by atoms with Crippen LogP contribution in [0.4, 0.5) is 13.2 Å². The molecule has 0 amide bonds. The quantitative estimate of drug-likeness (QED) is 0.854. The fraction of sp³-hybridized carbons (Fsp3) is 0.538. The number of alkyl halides is 3. The van der Waals surface area contributed by atoms with Gasteiger partial charge in [0, 0.05) is 0 Å². The number of hydrogen-bond acceptors (Lipinski definition) is 1. The van der Waals surface area contributed by atoms with Crippen LogP contribution in [0.2, 0.25) is 0 Å². The fourth-order valence-electron chi connectivity index (χ4n) is 2.02. The van der Waals surface area contributed by atoms with Crippen LogP contribution in [0.5, 0.6) is 0 Å². The zero-order chi connectivity index (χ0) is 13.1. The molecule has 0 aliphatic heterocycles. The molecule has 4 heteroatoms. The van der Waals surface area contributed by atoms with Crippen molar-refractivity contribution < 1.29 is 13.2 Å². The van der Waals surface area contributed by atoms with E-state index in [0.717, 1.165) is 24.0 Å². The third-order valence-corrected chi connectivity index (χ3v) is 2.94. The Hall–Kier alpha value is -1.03. The summed E-state index contributed by atoms with van der Waals surface area (Å²) in [7, 11) is 1.33. The molecule has 96 valence electrons. The molecule has 1 unspecified atom stereocenters. The van der Waals surface area contributed by atoms with Gasteiger partial charge in [0.05, 0.1) is 0 Å². The van der Waals surface area contributed by atoms with Gasteiger partial charge in [-0.1, -0.05) is 32.0 Å². The van der Waals surface area contributed by atoms with E-state index < -0.39 is 12.2 Å². The molecule has 1 nitrogen and oxygen atoms in total. The predicted octanol–water partition coefficient (Wildman–Crippen LogP) is 3.63. The second kappa shape index (κ2) is 5.54. The third-order valence-electron chi connectivity index (χ3n) is 2.94. The van der Waals surface area contributed by atoms with Crippen LogP contribution in [0.3, 0.4) is 0 Å². The molecule has 0 saturated heterocycles. The van der Waals surface area contributed by atoms with E-state index in [4.69, 9.17) is 0 Å². The maximum atomic E-state index is 12.8. The molecule has 0 heterocycles. The lowest BCUT2D eigenvalue weighted by molar-refractivity contribution is -0.156. The summed E-state index contributed by atoms with van der Waals surface area (Å²) in [6, 6.07) is 3.43. The second-order valence-corrected chi connectivity index (χ2v) is 4.00. The molecule has 1 atom stereocenters. The summed E-state index contributed by atoms with van der Waals surface area (Å²) in [6.45, 7) is 3.97. The zero-order valence-electron chi connectivity index (χ0n) is 10.4. The van der Waals surface area contributed by atoms with Gasteiger partial charge in [-0.2, -0.15) is 13.2 Å². The average Bonchev–Trinajstić information content (AvgIpc) is 2.27. The van der Waals surface area contributed by atoms with Gasteiger partial charge >= 0.3 is 6.18 Å². The first-order chi connectivity index (χ1) is 7.93. The molecule has 0 radical (unpaired) electrons. The van der Waals surface area contributed by atoms with E-state index in [9.17, 15) is 13.2 Å². The van der Waals surface area contributed by atoms with Gasteiger partial charge in [0.1, 0.15) is 6.04 Å². The Morgan fingerprint density at radius 1 is 1.12 bits per heavy atom. The van der Waals surface area contributed by atoms with Crippen LogP contribution >= 0.6 is 0 Å². The van der Waals surface area contributed by atoms with E-state index in [1.54, 1.807) is 18.2 Å². The topological polar surface area (TPSA) is 12.0 Å². The van der Waals surface area contributed by atoms with Crippen molar-refractivity contribution in [3.8, 4) is 0 Å². The molecule has 1 N–H and O–H groups in total. The van der Waals surface area contributed by atoms with E-state index in [1.165, 1.54) is 7.05 Å². The summed E-state index contributed by atoms with van der Waals surface area (Å²) in [5.41, 5.74) is 2.40. The summed E-state index contributed by atoms with van der Waals surface area (Å²) < 4.78 is 38.3. The lowest BCUT2D eigenvalue weighted by Crippen LogP contribution is -2.31. The summed E-state index contributed by atoms with van der Waals surface area (Å²) in [6.07, 6.45) is -2.65. The van der Waals surface area contributed by atoms with Crippen LogP contribution in [-0.2, 0) is 12.8 Å². The third kappa shape index (κ3) is 3.22. The molecule has 0 bridgehead atoms. The van der Waals surface area contributed by atoms with Gasteiger partial charge in [-0.05, 0) is 36.6 Å². The van der Waals surface area contributed by atoms with E-state index >= 15 is 0 Å². The molecular formula is C13H18F3N. The van der Waals surface area contributed by atoms with Gasteiger partial charge in [-0.3, -0.25) is 0 Å². The van der Waals surface area contributed by atoms with Crippen molar-refractivity contribution in [2.24, 2.45) is 0 Å². The van der Waals surface area contributed by atoms with Crippen LogP contribution < -0.4 is 5.32 Å². The van der Waals surface area contributed by atoms with Crippen molar-refractivity contribution in [2.45, 2.75) is 38.9 Å². The van der Waals surface area contributed by atoms with Crippen LogP contribution in [0, 0.1) is 0 Å². The Morgan fingerprint density at radius 3 is 2.12 bits per heavy atom. The standard InChI is InChI=1S/C13H18F3N/c1-4-9-6-7-11(8-10(9)5-2)12(17-3)13(14,15)16/h6-8,12,17H,4-5H2,1-3H3. The minimum atomic E-state index is -4.26. The molecular weight excluding hydrogens is 227 g/mol. The highest BCUT2D eigenvalue weighted by atomic mass is 19.4. The summed E-state index contributed by atoms with van der Waals surface area (Å²) in [4.78, 5) is 0. The minimum Gasteiger partial charge on any atom is -0.306 e. The van der Waals surface area contributed by atoms with E-state index in [0.29, 0.717) is 0 Å². The summed E-state index contributed by atoms with van der Waals surface area (Å²) >= 11 is 0. The summed E-state index contributed by atoms with van der Waals surface area (Å²) in [5, 5.41) is 2.32. The number of rotatable bonds is 4. The number of nitrogens with one attached hydrogen (secondary N) is 1. The van der Waals surface area contributed by atoms with Crippen molar-refractivity contribution in [3.63, 3.8) is 0 Å². The van der Waals surface area contributed by atoms with Crippen molar-refractivity contribution in [3.05, 3.63) is 34.9 Å². The van der Waals surface area contributed by atoms with Gasteiger partial charge < -0.3 is 5.32 Å². The smallest absolute Gasteiger partial charge is 0.306 e. The Bertz CT molecular complexity index is 371. The maximum absolute atomic E-state index is 12.8. The van der Waals surface area contributed by atoms with Crippen LogP contribution in [-0.4, -0.2) is 13.2 Å². The molecule has 1 rings (SSSR count). The molecule has 0 fully saturated rings. The monoisotopic (exact) mass is 245 g/mol. The normalized spacial score (nSPS) is 13.8. The molecule has 0 aliphatic carbocycles. The van der Waals surface area contributed by atoms with Gasteiger partial charge in [-0.25, -0.2) is 0 Å². The van der Waals surface area contributed by atoms with Crippen LogP contribution in [0.15, 0.2) is 18.2 Å². The molecule has 0 aliphatic rings. The zero-order valence-corrected chi connectivity index (χ0v) is 10.4. The van der Waals surface area contributed by atoms with Gasteiger partial charge in [0.25, 0.3) is 0 Å². The summed E-state index contributed by atoms with van der Waals surface area (Å²) in [5.74, 6) is 0. The van der Waals surface area contributed by atoms with Crippen LogP contribution in [0.1, 0.15) is 36.6 Å². The highest BCUT2D eigenvalue weighted by molar-refractivity contribution is 5.34. The fourth-order valence-corrected chi connectivity index (χ4v) is 2.02. The highest BCUT2D eigenvalue weighted by Crippen LogP contribution is 2.33. The van der Waals surface area contributed by atoms with E-state index in [1.807, 2.05) is 13.8 Å². The first-order valence-electron chi connectivity index (χ1n) is 5.79. The van der Waals surface area contributed by atoms with E-state index in [-0.39, 0.29) is 5.56 Å². The number of halogens is 3. The molecule has 0 aromatic heterocycles. The maximum Gasteiger partial charge on any atom is 0.407 e. The SMILES string of the molecule is CCc1ccc(C(NC)C(F)(F)F)cc1CC. The Morgan fingerprint density at radius 2 is 1.71 bits per heavy atom. The molecule has 1 aromatic rings. The van der Waals surface area contributed by atoms with Gasteiger partial charge in [0.2, 0.25) is 0 Å². The second-order valence-electron chi connectivity index (χ2n) is 4.00. The minimum absolute atomic E-state index is 0.286. The van der Waals surface area contributed by atoms with Crippen molar-refractivity contribution in [2.75, 3.05) is 7.05 Å². The Labute approximate surface area is 100 Å². The van der Waals surface area contributed by atoms with Crippen molar-refractivity contribution >= 4 is 0 Å². The van der Waals surface area contributed by atoms with Crippen LogP contribution in [0.25, 0.3) is 0 Å². The Kier molecular flexibility index (Phi) is 4.57. The number of aryl methyl sites for hydroxylation is 2. The lowest BCUT2D eigenvalue weighted by Gasteiger charge is -2.21. The largest absolute Gasteiger partial charge is 0.407 e. The average molecular weight is 245 g/mol. The number of benzene rings is 1. The first kappa shape index (κ1) is 14.0. The van der Waals surface area contributed by atoms with Gasteiger partial charge in [0.15, 0.2) is 0 Å².